The Labute approximate surface area is 76.2 Å². The first kappa shape index (κ1) is 9.50. The fourth-order valence-electron chi connectivity index (χ4n) is 0.816. The molecule has 6 heteroatoms. The Morgan fingerprint density at radius 1 is 1.77 bits per heavy atom. The van der Waals surface area contributed by atoms with Crippen LogP contribution in [0.3, 0.4) is 0 Å². The van der Waals surface area contributed by atoms with Gasteiger partial charge in [0.2, 0.25) is 6.39 Å². The Morgan fingerprint density at radius 3 is 3.23 bits per heavy atom. The highest BCUT2D eigenvalue weighted by Gasteiger charge is 1.96. The Balaban J connectivity index is 2.24. The largest absolute Gasteiger partial charge is 0.370 e. The van der Waals surface area contributed by atoms with Crippen molar-refractivity contribution in [3.05, 3.63) is 12.2 Å². The Hall–Kier alpha value is -1.59. The number of nitrogens with one attached hydrogen (secondary N) is 1. The maximum atomic E-state index is 5.50. The summed E-state index contributed by atoms with van der Waals surface area (Å²) in [6.07, 6.45) is 1.94. The topological polar surface area (TPSA) is 89.3 Å². The van der Waals surface area contributed by atoms with Crippen LogP contribution in [0.15, 0.2) is 15.9 Å². The van der Waals surface area contributed by atoms with Crippen molar-refractivity contribution in [3.8, 4) is 0 Å². The first-order valence-electron chi connectivity index (χ1n) is 4.12. The van der Waals surface area contributed by atoms with Gasteiger partial charge in [0.1, 0.15) is 0 Å². The molecule has 0 unspecified atom stereocenters. The summed E-state index contributed by atoms with van der Waals surface area (Å²) in [6.45, 7) is 3.30. The zero-order chi connectivity index (χ0) is 9.52. The van der Waals surface area contributed by atoms with Gasteiger partial charge in [0.05, 0.1) is 0 Å². The van der Waals surface area contributed by atoms with Gasteiger partial charge in [-0.05, 0) is 6.92 Å². The van der Waals surface area contributed by atoms with Gasteiger partial charge < -0.3 is 15.6 Å². The van der Waals surface area contributed by atoms with E-state index in [9.17, 15) is 0 Å². The van der Waals surface area contributed by atoms with Crippen molar-refractivity contribution in [2.75, 3.05) is 13.1 Å². The molecule has 1 rings (SSSR count). The number of hydrogen-bond donors (Lipinski definition) is 2. The van der Waals surface area contributed by atoms with E-state index in [-0.39, 0.29) is 0 Å². The summed E-state index contributed by atoms with van der Waals surface area (Å²) in [5.41, 5.74) is 5.50. The van der Waals surface area contributed by atoms with E-state index < -0.39 is 0 Å². The van der Waals surface area contributed by atoms with Gasteiger partial charge in [0.15, 0.2) is 11.8 Å². The molecule has 1 aromatic heterocycles. The molecule has 0 radical (unpaired) electrons. The number of guanidine groups is 1. The normalized spacial score (nSPS) is 11.6. The summed E-state index contributed by atoms with van der Waals surface area (Å²) < 4.78 is 4.56. The summed E-state index contributed by atoms with van der Waals surface area (Å²) >= 11 is 0. The lowest BCUT2D eigenvalue weighted by atomic mass is 10.4. The van der Waals surface area contributed by atoms with Crippen LogP contribution in [0.5, 0.6) is 0 Å². The van der Waals surface area contributed by atoms with E-state index in [1.807, 2.05) is 6.92 Å². The molecule has 0 saturated carbocycles. The summed E-state index contributed by atoms with van der Waals surface area (Å²) in [5, 5.41) is 6.53. The molecular formula is C7H13N5O. The third kappa shape index (κ3) is 3.55. The molecule has 0 atom stereocenters. The summed E-state index contributed by atoms with van der Waals surface area (Å²) in [6, 6.07) is 0. The molecule has 6 nitrogen and oxygen atoms in total. The fraction of sp³-hybridized carbons (Fsp3) is 0.571. The molecule has 72 valence electrons. The van der Waals surface area contributed by atoms with Gasteiger partial charge in [0, 0.05) is 19.5 Å². The van der Waals surface area contributed by atoms with Gasteiger partial charge >= 0.3 is 0 Å². The molecule has 0 aromatic carbocycles. The van der Waals surface area contributed by atoms with Gasteiger partial charge in [-0.1, -0.05) is 5.16 Å². The monoisotopic (exact) mass is 183 g/mol. The standard InChI is InChI=1S/C7H13N5O/c1-2-9-7(8)10-4-3-6-11-5-13-12-6/h5H,2-4H2,1H3,(H3,8,9,10). The summed E-state index contributed by atoms with van der Waals surface area (Å²) in [4.78, 5) is 7.90. The van der Waals surface area contributed by atoms with Gasteiger partial charge in [-0.25, -0.2) is 0 Å². The van der Waals surface area contributed by atoms with Crippen molar-refractivity contribution in [3.63, 3.8) is 0 Å². The second-order valence-electron chi connectivity index (χ2n) is 2.39. The number of aromatic nitrogens is 2. The van der Waals surface area contributed by atoms with Crippen LogP contribution >= 0.6 is 0 Å². The number of rotatable bonds is 4. The second kappa shape index (κ2) is 5.13. The number of hydrogen-bond acceptors (Lipinski definition) is 4. The minimum Gasteiger partial charge on any atom is -0.370 e. The fourth-order valence-corrected chi connectivity index (χ4v) is 0.816. The molecule has 0 aliphatic heterocycles. The first-order valence-corrected chi connectivity index (χ1v) is 4.12. The lowest BCUT2D eigenvalue weighted by Gasteiger charge is -1.99. The van der Waals surface area contributed by atoms with E-state index in [2.05, 4.69) is 25.0 Å². The van der Waals surface area contributed by atoms with Crippen LogP contribution in [-0.4, -0.2) is 29.2 Å². The molecular weight excluding hydrogens is 170 g/mol. The second-order valence-corrected chi connectivity index (χ2v) is 2.39. The number of nitrogens with two attached hydrogens (primary N) is 1. The molecule has 0 fully saturated rings. The van der Waals surface area contributed by atoms with Crippen LogP contribution in [0.1, 0.15) is 12.7 Å². The highest BCUT2D eigenvalue weighted by atomic mass is 16.5. The Morgan fingerprint density at radius 2 is 2.62 bits per heavy atom. The minimum atomic E-state index is 0.450. The molecule has 13 heavy (non-hydrogen) atoms. The molecule has 0 saturated heterocycles. The predicted molar refractivity (Wildman–Crippen MR) is 48.2 cm³/mol. The zero-order valence-corrected chi connectivity index (χ0v) is 7.53. The summed E-state index contributed by atoms with van der Waals surface area (Å²) in [5.74, 6) is 1.10. The average molecular weight is 183 g/mol. The smallest absolute Gasteiger partial charge is 0.213 e. The molecule has 0 spiro atoms. The lowest BCUT2D eigenvalue weighted by molar-refractivity contribution is 0.410. The van der Waals surface area contributed by atoms with Crippen molar-refractivity contribution in [2.45, 2.75) is 13.3 Å². The molecule has 0 aliphatic carbocycles. The first-order chi connectivity index (χ1) is 6.33. The van der Waals surface area contributed by atoms with E-state index in [1.54, 1.807) is 0 Å². The van der Waals surface area contributed by atoms with Crippen molar-refractivity contribution in [2.24, 2.45) is 10.7 Å². The van der Waals surface area contributed by atoms with E-state index >= 15 is 0 Å². The maximum Gasteiger partial charge on any atom is 0.213 e. The van der Waals surface area contributed by atoms with Crippen LogP contribution in [0.4, 0.5) is 0 Å². The van der Waals surface area contributed by atoms with Crippen LogP contribution in [-0.2, 0) is 6.42 Å². The molecule has 0 bridgehead atoms. The van der Waals surface area contributed by atoms with E-state index in [4.69, 9.17) is 5.73 Å². The average Bonchev–Trinajstić information content (AvgIpc) is 2.57. The third-order valence-electron chi connectivity index (χ3n) is 1.38. The van der Waals surface area contributed by atoms with Crippen LogP contribution in [0, 0.1) is 0 Å². The quantitative estimate of drug-likeness (QED) is 0.487. The van der Waals surface area contributed by atoms with Crippen molar-refractivity contribution in [1.82, 2.24) is 15.5 Å². The van der Waals surface area contributed by atoms with Crippen LogP contribution in [0.2, 0.25) is 0 Å². The van der Waals surface area contributed by atoms with Crippen molar-refractivity contribution in [1.29, 1.82) is 0 Å². The van der Waals surface area contributed by atoms with Crippen LogP contribution < -0.4 is 11.1 Å². The predicted octanol–water partition coefficient (Wildman–Crippen LogP) is -0.464. The highest BCUT2D eigenvalue weighted by Crippen LogP contribution is 1.89. The number of nitrogens with zero attached hydrogens (tertiary/aromatic N) is 3. The van der Waals surface area contributed by atoms with Gasteiger partial charge in [0.25, 0.3) is 0 Å². The molecule has 3 N–H and O–H groups in total. The molecule has 0 aliphatic rings. The Bertz CT molecular complexity index is 256. The zero-order valence-electron chi connectivity index (χ0n) is 7.53. The Kier molecular flexibility index (Phi) is 3.74. The maximum absolute atomic E-state index is 5.50. The molecule has 0 amide bonds. The third-order valence-corrected chi connectivity index (χ3v) is 1.38. The summed E-state index contributed by atoms with van der Waals surface area (Å²) in [7, 11) is 0. The molecule has 1 heterocycles. The SMILES string of the molecule is CCNC(N)=NCCc1ncon1. The van der Waals surface area contributed by atoms with Crippen LogP contribution in [0.25, 0.3) is 0 Å². The van der Waals surface area contributed by atoms with Gasteiger partial charge in [-0.15, -0.1) is 0 Å². The van der Waals surface area contributed by atoms with Crippen molar-refractivity contribution < 1.29 is 4.52 Å². The van der Waals surface area contributed by atoms with Gasteiger partial charge in [-0.3, -0.25) is 4.99 Å². The van der Waals surface area contributed by atoms with E-state index in [0.29, 0.717) is 24.7 Å². The molecule has 1 aromatic rings. The lowest BCUT2D eigenvalue weighted by Crippen LogP contribution is -2.31. The number of aliphatic imine (C=N–C) groups is 1. The van der Waals surface area contributed by atoms with E-state index in [0.717, 1.165) is 6.54 Å². The minimum absolute atomic E-state index is 0.450. The van der Waals surface area contributed by atoms with Crippen molar-refractivity contribution >= 4 is 5.96 Å². The highest BCUT2D eigenvalue weighted by molar-refractivity contribution is 5.77. The van der Waals surface area contributed by atoms with E-state index in [1.165, 1.54) is 6.39 Å². The van der Waals surface area contributed by atoms with Gasteiger partial charge in [-0.2, -0.15) is 4.98 Å².